The van der Waals surface area contributed by atoms with Gasteiger partial charge in [-0.2, -0.15) is 0 Å². The molecule has 1 aliphatic carbocycles. The fourth-order valence-electron chi connectivity index (χ4n) is 2.78. The van der Waals surface area contributed by atoms with Gasteiger partial charge in [0.25, 0.3) is 5.91 Å². The lowest BCUT2D eigenvalue weighted by molar-refractivity contribution is -0.141. The zero-order valence-corrected chi connectivity index (χ0v) is 15.2. The predicted octanol–water partition coefficient (Wildman–Crippen LogP) is 3.03. The Morgan fingerprint density at radius 1 is 1.38 bits per heavy atom. The van der Waals surface area contributed by atoms with E-state index in [1.807, 2.05) is 25.1 Å². The molecule has 0 radical (unpaired) electrons. The number of carbonyl (C=O) groups excluding carboxylic acids is 1. The average Bonchev–Trinajstić information content (AvgIpc) is 3.37. The number of nitrogens with zero attached hydrogens (tertiary/aromatic N) is 3. The third-order valence-corrected chi connectivity index (χ3v) is 4.67. The lowest BCUT2D eigenvalue weighted by Gasteiger charge is -2.11. The number of hydrogen-bond acceptors (Lipinski definition) is 4. The number of rotatable bonds is 8. The van der Waals surface area contributed by atoms with Gasteiger partial charge in [0.1, 0.15) is 5.82 Å². The Hall–Kier alpha value is -2.41. The van der Waals surface area contributed by atoms with Crippen molar-refractivity contribution in [3.8, 4) is 5.69 Å². The highest BCUT2D eigenvalue weighted by atomic mass is 35.5. The van der Waals surface area contributed by atoms with E-state index in [1.54, 1.807) is 10.7 Å². The highest BCUT2D eigenvalue weighted by molar-refractivity contribution is 6.32. The molecule has 1 heterocycles. The third-order valence-electron chi connectivity index (χ3n) is 4.35. The molecule has 1 fully saturated rings. The van der Waals surface area contributed by atoms with E-state index in [-0.39, 0.29) is 18.3 Å². The summed E-state index contributed by atoms with van der Waals surface area (Å²) in [5.41, 5.74) is 0.678. The molecule has 0 aliphatic heterocycles. The van der Waals surface area contributed by atoms with E-state index in [0.717, 1.165) is 19.3 Å². The topological polar surface area (TPSA) is 97.1 Å². The summed E-state index contributed by atoms with van der Waals surface area (Å²) >= 11 is 6.26. The molecule has 26 heavy (non-hydrogen) atoms. The molecule has 0 spiro atoms. The van der Waals surface area contributed by atoms with Crippen LogP contribution in [0.2, 0.25) is 5.02 Å². The number of para-hydroxylation sites is 1. The maximum absolute atomic E-state index is 12.4. The molecule has 1 aromatic carbocycles. The lowest BCUT2D eigenvalue weighted by Crippen LogP contribution is -2.33. The van der Waals surface area contributed by atoms with Gasteiger partial charge in [-0.1, -0.05) is 37.1 Å². The largest absolute Gasteiger partial charge is 0.481 e. The maximum Gasteiger partial charge on any atom is 0.308 e. The van der Waals surface area contributed by atoms with Gasteiger partial charge in [-0.15, -0.1) is 5.10 Å². The highest BCUT2D eigenvalue weighted by Gasteiger charge is 2.32. The molecule has 1 aromatic heterocycles. The fraction of sp³-hybridized carbons (Fsp3) is 0.444. The molecule has 1 unspecified atom stereocenters. The Morgan fingerprint density at radius 2 is 2.12 bits per heavy atom. The van der Waals surface area contributed by atoms with E-state index in [9.17, 15) is 14.7 Å². The van der Waals surface area contributed by atoms with Gasteiger partial charge >= 0.3 is 5.97 Å². The van der Waals surface area contributed by atoms with Crippen molar-refractivity contribution in [2.75, 3.05) is 6.54 Å². The van der Waals surface area contributed by atoms with E-state index < -0.39 is 17.8 Å². The van der Waals surface area contributed by atoms with Crippen molar-refractivity contribution < 1.29 is 14.7 Å². The summed E-state index contributed by atoms with van der Waals surface area (Å²) in [7, 11) is 0. The van der Waals surface area contributed by atoms with E-state index in [0.29, 0.717) is 23.0 Å². The summed E-state index contributed by atoms with van der Waals surface area (Å²) in [6.45, 7) is 1.97. The molecule has 2 N–H and O–H groups in total. The molecule has 7 nitrogen and oxygen atoms in total. The van der Waals surface area contributed by atoms with Crippen LogP contribution in [0.4, 0.5) is 0 Å². The van der Waals surface area contributed by atoms with Crippen molar-refractivity contribution in [1.82, 2.24) is 20.1 Å². The molecule has 1 aliphatic rings. The predicted molar refractivity (Wildman–Crippen MR) is 96.7 cm³/mol. The van der Waals surface area contributed by atoms with E-state index in [4.69, 9.17) is 11.6 Å². The fourth-order valence-corrected chi connectivity index (χ4v) is 3.00. The summed E-state index contributed by atoms with van der Waals surface area (Å²) in [4.78, 5) is 28.0. The van der Waals surface area contributed by atoms with Crippen molar-refractivity contribution in [2.45, 2.75) is 38.5 Å². The smallest absolute Gasteiger partial charge is 0.308 e. The standard InChI is InChI=1S/C18H21ClN4O3/c1-2-5-12(18(25)26)10-20-17(24)15-21-16(11-8-9-11)23(22-15)14-7-4-3-6-13(14)19/h3-4,6-7,11-12H,2,5,8-10H2,1H3,(H,20,24)(H,25,26). The van der Waals surface area contributed by atoms with Crippen molar-refractivity contribution in [3.05, 3.63) is 40.9 Å². The Balaban J connectivity index is 1.80. The number of amides is 1. The normalized spacial score (nSPS) is 14.8. The first-order valence-electron chi connectivity index (χ1n) is 8.74. The van der Waals surface area contributed by atoms with Gasteiger partial charge in [0, 0.05) is 12.5 Å². The Bertz CT molecular complexity index is 817. The summed E-state index contributed by atoms with van der Waals surface area (Å²) in [5, 5.41) is 16.7. The lowest BCUT2D eigenvalue weighted by atomic mass is 10.0. The van der Waals surface area contributed by atoms with Crippen LogP contribution in [0.1, 0.15) is 55.0 Å². The number of aliphatic carboxylic acids is 1. The van der Waals surface area contributed by atoms with Crippen LogP contribution in [0.15, 0.2) is 24.3 Å². The van der Waals surface area contributed by atoms with Gasteiger partial charge < -0.3 is 10.4 Å². The first-order valence-corrected chi connectivity index (χ1v) is 9.12. The number of carbonyl (C=O) groups is 2. The first-order chi connectivity index (χ1) is 12.5. The van der Waals surface area contributed by atoms with Crippen LogP contribution >= 0.6 is 11.6 Å². The molecular formula is C18H21ClN4O3. The number of nitrogens with one attached hydrogen (secondary N) is 1. The van der Waals surface area contributed by atoms with Crippen LogP contribution in [-0.4, -0.2) is 38.3 Å². The van der Waals surface area contributed by atoms with Gasteiger partial charge in [-0.3, -0.25) is 9.59 Å². The van der Waals surface area contributed by atoms with E-state index in [2.05, 4.69) is 15.4 Å². The minimum Gasteiger partial charge on any atom is -0.481 e. The number of halogens is 1. The number of benzene rings is 1. The van der Waals surface area contributed by atoms with Crippen molar-refractivity contribution >= 4 is 23.5 Å². The van der Waals surface area contributed by atoms with Crippen LogP contribution in [0.5, 0.6) is 0 Å². The molecule has 1 atom stereocenters. The molecule has 3 rings (SSSR count). The van der Waals surface area contributed by atoms with E-state index >= 15 is 0 Å². The van der Waals surface area contributed by atoms with Crippen molar-refractivity contribution in [3.63, 3.8) is 0 Å². The third kappa shape index (κ3) is 4.04. The van der Waals surface area contributed by atoms with Gasteiger partial charge in [0.15, 0.2) is 0 Å². The van der Waals surface area contributed by atoms with Crippen molar-refractivity contribution in [2.24, 2.45) is 5.92 Å². The molecular weight excluding hydrogens is 356 g/mol. The molecule has 1 amide bonds. The second-order valence-corrected chi connectivity index (χ2v) is 6.87. The number of carboxylic acids is 1. The molecule has 2 aromatic rings. The second kappa shape index (κ2) is 7.86. The highest BCUT2D eigenvalue weighted by Crippen LogP contribution is 2.40. The SMILES string of the molecule is CCCC(CNC(=O)c1nc(C2CC2)n(-c2ccccc2Cl)n1)C(=O)O. The van der Waals surface area contributed by atoms with Crippen LogP contribution < -0.4 is 5.32 Å². The summed E-state index contributed by atoms with van der Waals surface area (Å²) in [6.07, 6.45) is 3.24. The van der Waals surface area contributed by atoms with Gasteiger partial charge in [-0.25, -0.2) is 9.67 Å². The van der Waals surface area contributed by atoms with E-state index in [1.165, 1.54) is 0 Å². The Labute approximate surface area is 156 Å². The number of hydrogen-bond donors (Lipinski definition) is 2. The number of aromatic nitrogens is 3. The average molecular weight is 377 g/mol. The summed E-state index contributed by atoms with van der Waals surface area (Å²) < 4.78 is 1.62. The monoisotopic (exact) mass is 376 g/mol. The zero-order chi connectivity index (χ0) is 18.7. The quantitative estimate of drug-likeness (QED) is 0.738. The van der Waals surface area contributed by atoms with Crippen LogP contribution in [-0.2, 0) is 4.79 Å². The van der Waals surface area contributed by atoms with Crippen LogP contribution in [0.25, 0.3) is 5.69 Å². The molecule has 0 bridgehead atoms. The minimum atomic E-state index is -0.916. The zero-order valence-electron chi connectivity index (χ0n) is 14.5. The first kappa shape index (κ1) is 18.4. The van der Waals surface area contributed by atoms with Crippen molar-refractivity contribution in [1.29, 1.82) is 0 Å². The second-order valence-electron chi connectivity index (χ2n) is 6.46. The molecule has 8 heteroatoms. The molecule has 1 saturated carbocycles. The summed E-state index contributed by atoms with van der Waals surface area (Å²) in [5.74, 6) is -0.982. The Kier molecular flexibility index (Phi) is 5.56. The maximum atomic E-state index is 12.4. The van der Waals surface area contributed by atoms with Gasteiger partial charge in [0.05, 0.1) is 16.6 Å². The Morgan fingerprint density at radius 3 is 2.73 bits per heavy atom. The molecule has 138 valence electrons. The van der Waals surface area contributed by atoms with Crippen LogP contribution in [0, 0.1) is 5.92 Å². The van der Waals surface area contributed by atoms with Crippen LogP contribution in [0.3, 0.4) is 0 Å². The number of carboxylic acid groups (broad SMARTS) is 1. The summed E-state index contributed by atoms with van der Waals surface area (Å²) in [6, 6.07) is 7.26. The van der Waals surface area contributed by atoms with Gasteiger partial charge in [-0.05, 0) is 31.4 Å². The molecule has 0 saturated heterocycles. The minimum absolute atomic E-state index is 0.0347. The van der Waals surface area contributed by atoms with Gasteiger partial charge in [0.2, 0.25) is 5.82 Å².